The minimum Gasteiger partial charge on any atom is -0.497 e. The van der Waals surface area contributed by atoms with Gasteiger partial charge < -0.3 is 10.1 Å². The van der Waals surface area contributed by atoms with Gasteiger partial charge in [0.1, 0.15) is 11.3 Å². The van der Waals surface area contributed by atoms with Crippen LogP contribution in [0, 0.1) is 23.2 Å². The van der Waals surface area contributed by atoms with Crippen LogP contribution in [0.25, 0.3) is 0 Å². The number of rotatable bonds is 6. The molecule has 0 aromatic heterocycles. The molecular formula is C20H27N3O2. The highest BCUT2D eigenvalue weighted by molar-refractivity contribution is 5.79. The fraction of sp³-hybridized carbons (Fsp3) is 0.600. The van der Waals surface area contributed by atoms with Gasteiger partial charge in [-0.15, -0.1) is 0 Å². The van der Waals surface area contributed by atoms with Crippen LogP contribution < -0.4 is 10.1 Å². The molecule has 0 radical (unpaired) electrons. The first kappa shape index (κ1) is 17.8. The van der Waals surface area contributed by atoms with Gasteiger partial charge >= 0.3 is 0 Å². The third-order valence-electron chi connectivity index (χ3n) is 5.46. The van der Waals surface area contributed by atoms with Crippen molar-refractivity contribution in [2.45, 2.75) is 44.7 Å². The van der Waals surface area contributed by atoms with Gasteiger partial charge in [-0.3, -0.25) is 9.69 Å². The third kappa shape index (κ3) is 3.96. The highest BCUT2D eigenvalue weighted by atomic mass is 16.5. The van der Waals surface area contributed by atoms with Gasteiger partial charge in [0.2, 0.25) is 5.91 Å². The van der Waals surface area contributed by atoms with Gasteiger partial charge in [0.05, 0.1) is 19.7 Å². The largest absolute Gasteiger partial charge is 0.497 e. The second-order valence-electron chi connectivity index (χ2n) is 7.70. The molecule has 1 aliphatic carbocycles. The minimum atomic E-state index is -0.728. The summed E-state index contributed by atoms with van der Waals surface area (Å²) in [6, 6.07) is 10.6. The molecule has 5 nitrogen and oxygen atoms in total. The summed E-state index contributed by atoms with van der Waals surface area (Å²) in [5.74, 6) is 1.62. The van der Waals surface area contributed by atoms with Crippen molar-refractivity contribution < 1.29 is 9.53 Å². The summed E-state index contributed by atoms with van der Waals surface area (Å²) in [7, 11) is 1.67. The van der Waals surface area contributed by atoms with Crippen molar-refractivity contribution in [1.29, 1.82) is 5.26 Å². The van der Waals surface area contributed by atoms with E-state index in [2.05, 4.69) is 35.3 Å². The summed E-state index contributed by atoms with van der Waals surface area (Å²) in [6.45, 7) is 5.28. The monoisotopic (exact) mass is 341 g/mol. The maximum atomic E-state index is 12.6. The number of benzene rings is 1. The Morgan fingerprint density at radius 1 is 1.48 bits per heavy atom. The van der Waals surface area contributed by atoms with Crippen LogP contribution in [-0.4, -0.2) is 36.5 Å². The van der Waals surface area contributed by atoms with Crippen LogP contribution in [0.3, 0.4) is 0 Å². The van der Waals surface area contributed by atoms with Gasteiger partial charge in [-0.05, 0) is 55.7 Å². The second kappa shape index (κ2) is 7.05. The molecule has 1 saturated heterocycles. The molecule has 2 aliphatic rings. The molecule has 134 valence electrons. The normalized spacial score (nSPS) is 25.8. The molecule has 0 bridgehead atoms. The maximum absolute atomic E-state index is 12.6. The van der Waals surface area contributed by atoms with Crippen LogP contribution in [0.1, 0.15) is 44.7 Å². The third-order valence-corrected chi connectivity index (χ3v) is 5.46. The molecule has 1 heterocycles. The number of nitriles is 1. The van der Waals surface area contributed by atoms with E-state index in [4.69, 9.17) is 4.74 Å². The summed E-state index contributed by atoms with van der Waals surface area (Å²) < 4.78 is 5.34. The van der Waals surface area contributed by atoms with Crippen LogP contribution in [-0.2, 0) is 4.79 Å². The van der Waals surface area contributed by atoms with Crippen molar-refractivity contribution in [1.82, 2.24) is 10.2 Å². The number of nitrogens with zero attached hydrogens (tertiary/aromatic N) is 2. The summed E-state index contributed by atoms with van der Waals surface area (Å²) in [4.78, 5) is 14.8. The summed E-state index contributed by atoms with van der Waals surface area (Å²) in [5, 5.41) is 12.4. The van der Waals surface area contributed by atoms with E-state index in [0.717, 1.165) is 31.6 Å². The molecule has 1 aromatic carbocycles. The van der Waals surface area contributed by atoms with Crippen LogP contribution in [0.15, 0.2) is 24.3 Å². The minimum absolute atomic E-state index is 0.0575. The Hall–Kier alpha value is -2.06. The van der Waals surface area contributed by atoms with Crippen molar-refractivity contribution in [3.8, 4) is 11.8 Å². The van der Waals surface area contributed by atoms with E-state index in [1.54, 1.807) is 7.11 Å². The molecule has 3 atom stereocenters. The van der Waals surface area contributed by atoms with Crippen molar-refractivity contribution in [3.63, 3.8) is 0 Å². The zero-order chi connectivity index (χ0) is 18.0. The lowest BCUT2D eigenvalue weighted by molar-refractivity contribution is -0.123. The molecule has 0 spiro atoms. The topological polar surface area (TPSA) is 65.4 Å². The Balaban J connectivity index is 1.69. The maximum Gasteiger partial charge on any atom is 0.235 e. The molecular weight excluding hydrogens is 314 g/mol. The highest BCUT2D eigenvalue weighted by Crippen LogP contribution is 2.39. The highest BCUT2D eigenvalue weighted by Gasteiger charge is 2.43. The van der Waals surface area contributed by atoms with Crippen molar-refractivity contribution in [3.05, 3.63) is 29.8 Å². The summed E-state index contributed by atoms with van der Waals surface area (Å²) in [5.41, 5.74) is 0.454. The molecule has 5 heteroatoms. The predicted molar refractivity (Wildman–Crippen MR) is 96.0 cm³/mol. The number of methoxy groups -OCH3 is 1. The van der Waals surface area contributed by atoms with Crippen molar-refractivity contribution >= 4 is 5.91 Å². The number of carbonyl (C=O) groups excluding carboxylic acids is 1. The van der Waals surface area contributed by atoms with Gasteiger partial charge in [-0.1, -0.05) is 19.1 Å². The van der Waals surface area contributed by atoms with Gasteiger partial charge in [0.25, 0.3) is 0 Å². The lowest BCUT2D eigenvalue weighted by Crippen LogP contribution is -2.50. The van der Waals surface area contributed by atoms with Gasteiger partial charge in [0, 0.05) is 12.6 Å². The molecule has 1 N–H and O–H groups in total. The standard InChI is InChI=1S/C20H27N3O2/c1-14-9-18(15-5-4-6-17(10-15)25-3)23(11-14)12-19(24)22-20(2,13-21)16-7-8-16/h4-6,10,14,16,18H,7-9,11-12H2,1-3H3,(H,22,24). The molecule has 2 fully saturated rings. The van der Waals surface area contributed by atoms with E-state index in [1.165, 1.54) is 5.56 Å². The fourth-order valence-corrected chi connectivity index (χ4v) is 3.90. The number of nitrogens with one attached hydrogen (secondary N) is 1. The Morgan fingerprint density at radius 2 is 2.24 bits per heavy atom. The average molecular weight is 341 g/mol. The smallest absolute Gasteiger partial charge is 0.235 e. The number of hydrogen-bond acceptors (Lipinski definition) is 4. The van der Waals surface area contributed by atoms with E-state index < -0.39 is 5.54 Å². The fourth-order valence-electron chi connectivity index (χ4n) is 3.90. The van der Waals surface area contributed by atoms with Crippen molar-refractivity contribution in [2.24, 2.45) is 11.8 Å². The molecule has 25 heavy (non-hydrogen) atoms. The first-order chi connectivity index (χ1) is 11.9. The SMILES string of the molecule is COc1cccc(C2CC(C)CN2CC(=O)NC(C)(C#N)C2CC2)c1. The number of carbonyl (C=O) groups is 1. The van der Waals surface area contributed by atoms with Gasteiger partial charge in [-0.2, -0.15) is 5.26 Å². The number of ether oxygens (including phenoxy) is 1. The predicted octanol–water partition coefficient (Wildman–Crippen LogP) is 2.89. The molecule has 3 rings (SSSR count). The summed E-state index contributed by atoms with van der Waals surface area (Å²) in [6.07, 6.45) is 3.08. The van der Waals surface area contributed by atoms with Crippen molar-refractivity contribution in [2.75, 3.05) is 20.2 Å². The number of likely N-dealkylation sites (tertiary alicyclic amines) is 1. The van der Waals surface area contributed by atoms with Crippen LogP contribution in [0.5, 0.6) is 5.75 Å². The lowest BCUT2D eigenvalue weighted by Gasteiger charge is -2.28. The Morgan fingerprint density at radius 3 is 2.88 bits per heavy atom. The summed E-state index contributed by atoms with van der Waals surface area (Å²) >= 11 is 0. The van der Waals surface area contributed by atoms with Gasteiger partial charge in [-0.25, -0.2) is 0 Å². The Bertz CT molecular complexity index is 680. The first-order valence-electron chi connectivity index (χ1n) is 9.05. The second-order valence-corrected chi connectivity index (χ2v) is 7.70. The molecule has 3 unspecified atom stereocenters. The lowest BCUT2D eigenvalue weighted by atomic mass is 9.98. The molecule has 1 saturated carbocycles. The number of amides is 1. The quantitative estimate of drug-likeness (QED) is 0.864. The zero-order valence-corrected chi connectivity index (χ0v) is 15.3. The zero-order valence-electron chi connectivity index (χ0n) is 15.3. The van der Waals surface area contributed by atoms with E-state index in [9.17, 15) is 10.1 Å². The van der Waals surface area contributed by atoms with E-state index in [0.29, 0.717) is 18.4 Å². The Kier molecular flexibility index (Phi) is 5.01. The Labute approximate surface area is 150 Å². The van der Waals surface area contributed by atoms with Gasteiger partial charge in [0.15, 0.2) is 0 Å². The van der Waals surface area contributed by atoms with E-state index >= 15 is 0 Å². The van der Waals surface area contributed by atoms with Crippen LogP contribution in [0.4, 0.5) is 0 Å². The van der Waals surface area contributed by atoms with E-state index in [1.807, 2.05) is 19.1 Å². The molecule has 1 aliphatic heterocycles. The molecule has 1 aromatic rings. The molecule has 1 amide bonds. The average Bonchev–Trinajstić information content (AvgIpc) is 3.39. The first-order valence-corrected chi connectivity index (χ1v) is 9.05. The van der Waals surface area contributed by atoms with Crippen LogP contribution in [0.2, 0.25) is 0 Å². The number of hydrogen-bond donors (Lipinski definition) is 1. The van der Waals surface area contributed by atoms with E-state index in [-0.39, 0.29) is 11.9 Å². The van der Waals surface area contributed by atoms with Crippen LogP contribution >= 0.6 is 0 Å².